The normalized spacial score (nSPS) is 12.0. The first-order valence-electron chi connectivity index (χ1n) is 6.18. The second kappa shape index (κ2) is 6.29. The third kappa shape index (κ3) is 3.75. The average Bonchev–Trinajstić information content (AvgIpc) is 2.33. The van der Waals surface area contributed by atoms with Crippen LogP contribution < -0.4 is 11.1 Å². The van der Waals surface area contributed by atoms with E-state index in [4.69, 9.17) is 5.73 Å². The molecular formula is C13H19N3O3. The summed E-state index contributed by atoms with van der Waals surface area (Å²) in [4.78, 5) is 22.3. The Morgan fingerprint density at radius 1 is 1.42 bits per heavy atom. The van der Waals surface area contributed by atoms with Gasteiger partial charge in [-0.15, -0.1) is 0 Å². The summed E-state index contributed by atoms with van der Waals surface area (Å²) in [7, 11) is 0. The van der Waals surface area contributed by atoms with Crippen LogP contribution in [-0.4, -0.2) is 16.9 Å². The first-order valence-corrected chi connectivity index (χ1v) is 6.18. The average molecular weight is 265 g/mol. The number of amides is 1. The molecule has 0 radical (unpaired) electrons. The molecule has 0 aliphatic rings. The van der Waals surface area contributed by atoms with Crippen LogP contribution in [-0.2, 0) is 4.79 Å². The molecule has 0 aliphatic heterocycles. The third-order valence-corrected chi connectivity index (χ3v) is 3.00. The van der Waals surface area contributed by atoms with Gasteiger partial charge in [0.15, 0.2) is 0 Å². The topological polar surface area (TPSA) is 98.3 Å². The number of benzene rings is 1. The van der Waals surface area contributed by atoms with Crippen LogP contribution in [0.15, 0.2) is 12.1 Å². The Bertz CT molecular complexity index is 500. The zero-order valence-electron chi connectivity index (χ0n) is 11.4. The minimum absolute atomic E-state index is 0.111. The molecule has 3 N–H and O–H groups in total. The van der Waals surface area contributed by atoms with E-state index in [2.05, 4.69) is 5.32 Å². The van der Waals surface area contributed by atoms with E-state index in [0.717, 1.165) is 17.5 Å². The molecule has 0 bridgehead atoms. The zero-order chi connectivity index (χ0) is 14.6. The van der Waals surface area contributed by atoms with Gasteiger partial charge in [0.1, 0.15) is 5.69 Å². The summed E-state index contributed by atoms with van der Waals surface area (Å²) in [5.41, 5.74) is 7.46. The van der Waals surface area contributed by atoms with Crippen LogP contribution in [0.5, 0.6) is 0 Å². The summed E-state index contributed by atoms with van der Waals surface area (Å²) in [6, 6.07) is 2.41. The molecule has 0 unspecified atom stereocenters. The van der Waals surface area contributed by atoms with Crippen LogP contribution >= 0.6 is 0 Å². The van der Waals surface area contributed by atoms with Crippen molar-refractivity contribution in [3.8, 4) is 0 Å². The largest absolute Gasteiger partial charge is 0.320 e. The number of rotatable bonds is 5. The summed E-state index contributed by atoms with van der Waals surface area (Å²) >= 11 is 0. The minimum Gasteiger partial charge on any atom is -0.320 e. The standard InChI is InChI=1S/C13H19N3O3/c1-4-5-10(14)13(17)15-11-6-8(2)9(3)7-12(11)16(18)19/h6-7,10H,4-5,14H2,1-3H3,(H,15,17)/t10-/m0/s1. The molecule has 0 spiro atoms. The van der Waals surface area contributed by atoms with E-state index >= 15 is 0 Å². The molecular weight excluding hydrogens is 246 g/mol. The van der Waals surface area contributed by atoms with Gasteiger partial charge >= 0.3 is 0 Å². The molecule has 1 aromatic carbocycles. The van der Waals surface area contributed by atoms with Gasteiger partial charge in [0.05, 0.1) is 11.0 Å². The van der Waals surface area contributed by atoms with Crippen molar-refractivity contribution in [2.24, 2.45) is 5.73 Å². The molecule has 1 amide bonds. The first-order chi connectivity index (χ1) is 8.86. The molecule has 0 heterocycles. The van der Waals surface area contributed by atoms with Crippen LogP contribution in [0.3, 0.4) is 0 Å². The fourth-order valence-electron chi connectivity index (χ4n) is 1.72. The van der Waals surface area contributed by atoms with Gasteiger partial charge in [-0.05, 0) is 37.5 Å². The second-order valence-corrected chi connectivity index (χ2v) is 4.60. The highest BCUT2D eigenvalue weighted by Crippen LogP contribution is 2.28. The summed E-state index contributed by atoms with van der Waals surface area (Å²) in [5, 5.41) is 13.5. The van der Waals surface area contributed by atoms with Crippen LogP contribution in [0, 0.1) is 24.0 Å². The maximum absolute atomic E-state index is 11.8. The van der Waals surface area contributed by atoms with Gasteiger partial charge in [-0.25, -0.2) is 0 Å². The third-order valence-electron chi connectivity index (χ3n) is 3.00. The van der Waals surface area contributed by atoms with E-state index in [0.29, 0.717) is 6.42 Å². The fraction of sp³-hybridized carbons (Fsp3) is 0.462. The van der Waals surface area contributed by atoms with Gasteiger partial charge in [0.25, 0.3) is 5.69 Å². The predicted octanol–water partition coefficient (Wildman–Crippen LogP) is 2.28. The summed E-state index contributed by atoms with van der Waals surface area (Å²) in [6.07, 6.45) is 1.33. The summed E-state index contributed by atoms with van der Waals surface area (Å²) in [6.45, 7) is 5.54. The number of nitrogens with two attached hydrogens (primary N) is 1. The fourth-order valence-corrected chi connectivity index (χ4v) is 1.72. The number of nitro groups is 1. The van der Waals surface area contributed by atoms with Crippen LogP contribution in [0.4, 0.5) is 11.4 Å². The Labute approximate surface area is 112 Å². The minimum atomic E-state index is -0.647. The van der Waals surface area contributed by atoms with Gasteiger partial charge in [-0.3, -0.25) is 14.9 Å². The van der Waals surface area contributed by atoms with Gasteiger partial charge in [0, 0.05) is 6.07 Å². The van der Waals surface area contributed by atoms with E-state index in [1.54, 1.807) is 13.0 Å². The number of carbonyl (C=O) groups is 1. The van der Waals surface area contributed by atoms with Crippen molar-refractivity contribution in [2.75, 3.05) is 5.32 Å². The lowest BCUT2D eigenvalue weighted by Gasteiger charge is -2.12. The Morgan fingerprint density at radius 2 is 2.00 bits per heavy atom. The van der Waals surface area contributed by atoms with E-state index < -0.39 is 16.9 Å². The van der Waals surface area contributed by atoms with Crippen molar-refractivity contribution < 1.29 is 9.72 Å². The highest BCUT2D eigenvalue weighted by atomic mass is 16.6. The van der Waals surface area contributed by atoms with Crippen LogP contribution in [0.25, 0.3) is 0 Å². The summed E-state index contributed by atoms with van der Waals surface area (Å²) in [5.74, 6) is -0.395. The van der Waals surface area contributed by atoms with Crippen molar-refractivity contribution in [1.82, 2.24) is 0 Å². The molecule has 0 aliphatic carbocycles. The monoisotopic (exact) mass is 265 g/mol. The second-order valence-electron chi connectivity index (χ2n) is 4.60. The molecule has 0 saturated carbocycles. The highest BCUT2D eigenvalue weighted by Gasteiger charge is 2.20. The lowest BCUT2D eigenvalue weighted by atomic mass is 10.1. The van der Waals surface area contributed by atoms with E-state index in [1.807, 2.05) is 13.8 Å². The number of nitrogens with zero attached hydrogens (tertiary/aromatic N) is 1. The smallest absolute Gasteiger partial charge is 0.293 e. The number of nitro benzene ring substituents is 1. The van der Waals surface area contributed by atoms with Gasteiger partial charge < -0.3 is 11.1 Å². The molecule has 19 heavy (non-hydrogen) atoms. The molecule has 1 aromatic rings. The molecule has 0 aromatic heterocycles. The molecule has 0 saturated heterocycles. The lowest BCUT2D eigenvalue weighted by molar-refractivity contribution is -0.384. The zero-order valence-corrected chi connectivity index (χ0v) is 11.4. The maximum Gasteiger partial charge on any atom is 0.293 e. The number of hydrogen-bond donors (Lipinski definition) is 2. The molecule has 6 heteroatoms. The van der Waals surface area contributed by atoms with Crippen molar-refractivity contribution >= 4 is 17.3 Å². The quantitative estimate of drug-likeness (QED) is 0.630. The Kier molecular flexibility index (Phi) is 5.00. The summed E-state index contributed by atoms with van der Waals surface area (Å²) < 4.78 is 0. The van der Waals surface area contributed by atoms with Crippen molar-refractivity contribution in [3.05, 3.63) is 33.4 Å². The lowest BCUT2D eigenvalue weighted by Crippen LogP contribution is -2.35. The van der Waals surface area contributed by atoms with Gasteiger partial charge in [0.2, 0.25) is 5.91 Å². The number of aryl methyl sites for hydroxylation is 2. The molecule has 104 valence electrons. The van der Waals surface area contributed by atoms with E-state index in [-0.39, 0.29) is 11.4 Å². The van der Waals surface area contributed by atoms with E-state index in [9.17, 15) is 14.9 Å². The van der Waals surface area contributed by atoms with Crippen LogP contribution in [0.1, 0.15) is 30.9 Å². The SMILES string of the molecule is CCC[C@H](N)C(=O)Nc1cc(C)c(C)cc1[N+](=O)[O-]. The van der Waals surface area contributed by atoms with Gasteiger partial charge in [-0.1, -0.05) is 13.3 Å². The number of carbonyl (C=O) groups excluding carboxylic acids is 1. The Balaban J connectivity index is 3.03. The number of nitrogens with one attached hydrogen (secondary N) is 1. The Hall–Kier alpha value is -1.95. The van der Waals surface area contributed by atoms with Crippen LogP contribution in [0.2, 0.25) is 0 Å². The first kappa shape index (κ1) is 15.1. The Morgan fingerprint density at radius 3 is 2.53 bits per heavy atom. The van der Waals surface area contributed by atoms with E-state index in [1.165, 1.54) is 6.07 Å². The van der Waals surface area contributed by atoms with Gasteiger partial charge in [-0.2, -0.15) is 0 Å². The van der Waals surface area contributed by atoms with Crippen molar-refractivity contribution in [3.63, 3.8) is 0 Å². The number of anilines is 1. The highest BCUT2D eigenvalue weighted by molar-refractivity contribution is 5.96. The van der Waals surface area contributed by atoms with Crippen molar-refractivity contribution in [1.29, 1.82) is 0 Å². The molecule has 1 atom stereocenters. The molecule has 1 rings (SSSR count). The predicted molar refractivity (Wildman–Crippen MR) is 74.1 cm³/mol. The number of hydrogen-bond acceptors (Lipinski definition) is 4. The molecule has 0 fully saturated rings. The maximum atomic E-state index is 11.8. The molecule has 6 nitrogen and oxygen atoms in total. The van der Waals surface area contributed by atoms with Crippen molar-refractivity contribution in [2.45, 2.75) is 39.7 Å².